The predicted octanol–water partition coefficient (Wildman–Crippen LogP) is 4.25. The lowest BCUT2D eigenvalue weighted by Crippen LogP contribution is -2.36. The highest BCUT2D eigenvalue weighted by molar-refractivity contribution is 5.90. The van der Waals surface area contributed by atoms with Crippen LogP contribution < -0.4 is 16.0 Å². The number of aliphatic imine (C=N–C) groups is 1. The number of hydrogen-bond donors (Lipinski definition) is 3. The van der Waals surface area contributed by atoms with Gasteiger partial charge in [0.25, 0.3) is 0 Å². The Bertz CT molecular complexity index is 1020. The molecule has 0 fully saturated rings. The summed E-state index contributed by atoms with van der Waals surface area (Å²) in [4.78, 5) is 20.6. The summed E-state index contributed by atoms with van der Waals surface area (Å²) < 4.78 is 5.60. The first kappa shape index (κ1) is 22.1. The van der Waals surface area contributed by atoms with Crippen molar-refractivity contribution in [1.29, 1.82) is 0 Å². The quantitative estimate of drug-likeness (QED) is 0.375. The van der Waals surface area contributed by atoms with Crippen molar-refractivity contribution in [3.63, 3.8) is 0 Å². The third-order valence-corrected chi connectivity index (χ3v) is 4.66. The molecule has 1 heterocycles. The Hall–Kier alpha value is -3.61. The molecule has 2 aromatic carbocycles. The number of anilines is 1. The van der Waals surface area contributed by atoms with Crippen LogP contribution >= 0.6 is 0 Å². The van der Waals surface area contributed by atoms with Crippen LogP contribution in [0, 0.1) is 6.92 Å². The van der Waals surface area contributed by atoms with E-state index in [-0.39, 0.29) is 5.91 Å². The molecule has 1 aromatic heterocycles. The first-order valence-electron chi connectivity index (χ1n) is 10.4. The maximum absolute atomic E-state index is 11.8. The van der Waals surface area contributed by atoms with Crippen LogP contribution in [-0.4, -0.2) is 23.9 Å². The van der Waals surface area contributed by atoms with E-state index in [0.29, 0.717) is 31.4 Å². The van der Waals surface area contributed by atoms with Gasteiger partial charge < -0.3 is 20.4 Å². The number of guanidine groups is 1. The van der Waals surface area contributed by atoms with Gasteiger partial charge in [0.1, 0.15) is 6.26 Å². The lowest BCUT2D eigenvalue weighted by atomic mass is 10.1. The van der Waals surface area contributed by atoms with Gasteiger partial charge in [0.05, 0.1) is 12.2 Å². The second-order valence-electron chi connectivity index (χ2n) is 7.29. The first-order valence-corrected chi connectivity index (χ1v) is 10.4. The summed E-state index contributed by atoms with van der Waals surface area (Å²) in [7, 11) is 1.72. The largest absolute Gasteiger partial charge is 0.444 e. The first-order chi connectivity index (χ1) is 15.1. The number of oxazole rings is 1. The summed E-state index contributed by atoms with van der Waals surface area (Å²) in [6.45, 7) is 5.10. The Morgan fingerprint density at radius 3 is 2.61 bits per heavy atom. The molecule has 162 valence electrons. The van der Waals surface area contributed by atoms with Gasteiger partial charge in [0.15, 0.2) is 5.96 Å². The number of amides is 1. The van der Waals surface area contributed by atoms with Gasteiger partial charge in [-0.1, -0.05) is 36.8 Å². The highest BCUT2D eigenvalue weighted by Gasteiger charge is 2.08. The Morgan fingerprint density at radius 1 is 1.10 bits per heavy atom. The highest BCUT2D eigenvalue weighted by Crippen LogP contribution is 2.19. The molecule has 0 bridgehead atoms. The van der Waals surface area contributed by atoms with Gasteiger partial charge in [-0.2, -0.15) is 0 Å². The number of aryl methyl sites for hydroxylation is 1. The van der Waals surface area contributed by atoms with Crippen molar-refractivity contribution in [1.82, 2.24) is 15.6 Å². The fourth-order valence-electron chi connectivity index (χ4n) is 3.01. The molecule has 7 heteroatoms. The van der Waals surface area contributed by atoms with E-state index in [1.807, 2.05) is 62.4 Å². The lowest BCUT2D eigenvalue weighted by Gasteiger charge is -2.12. The van der Waals surface area contributed by atoms with Crippen molar-refractivity contribution in [2.24, 2.45) is 4.99 Å². The summed E-state index contributed by atoms with van der Waals surface area (Å²) >= 11 is 0. The summed E-state index contributed by atoms with van der Waals surface area (Å²) in [6, 6.07) is 15.8. The van der Waals surface area contributed by atoms with Crippen molar-refractivity contribution < 1.29 is 9.21 Å². The van der Waals surface area contributed by atoms with Crippen molar-refractivity contribution in [2.75, 3.05) is 12.4 Å². The molecule has 1 amide bonds. The van der Waals surface area contributed by atoms with Gasteiger partial charge in [0.2, 0.25) is 11.8 Å². The average molecular weight is 420 g/mol. The Labute approximate surface area is 183 Å². The molecular formula is C24H29N5O2. The number of benzene rings is 2. The molecule has 0 aliphatic rings. The minimum atomic E-state index is 0.0303. The van der Waals surface area contributed by atoms with Gasteiger partial charge in [0, 0.05) is 31.3 Å². The van der Waals surface area contributed by atoms with Crippen molar-refractivity contribution in [2.45, 2.75) is 39.8 Å². The molecule has 0 saturated carbocycles. The molecule has 0 unspecified atom stereocenters. The molecule has 3 N–H and O–H groups in total. The zero-order chi connectivity index (χ0) is 22.1. The van der Waals surface area contributed by atoms with Crippen molar-refractivity contribution >= 4 is 17.6 Å². The molecule has 31 heavy (non-hydrogen) atoms. The second-order valence-corrected chi connectivity index (χ2v) is 7.29. The van der Waals surface area contributed by atoms with Crippen LogP contribution in [0.5, 0.6) is 0 Å². The molecule has 0 aliphatic heterocycles. The van der Waals surface area contributed by atoms with E-state index in [1.54, 1.807) is 13.3 Å². The summed E-state index contributed by atoms with van der Waals surface area (Å²) in [5, 5.41) is 9.43. The van der Waals surface area contributed by atoms with Crippen LogP contribution in [0.2, 0.25) is 0 Å². The molecule has 0 radical (unpaired) electrons. The molecule has 0 aliphatic carbocycles. The Kier molecular flexibility index (Phi) is 7.81. The Balaban J connectivity index is 1.51. The maximum Gasteiger partial charge on any atom is 0.226 e. The van der Waals surface area contributed by atoms with E-state index in [4.69, 9.17) is 4.42 Å². The molecule has 3 rings (SSSR count). The van der Waals surface area contributed by atoms with E-state index in [0.717, 1.165) is 28.9 Å². The maximum atomic E-state index is 11.8. The van der Waals surface area contributed by atoms with Gasteiger partial charge >= 0.3 is 0 Å². The zero-order valence-electron chi connectivity index (χ0n) is 18.2. The molecule has 0 atom stereocenters. The van der Waals surface area contributed by atoms with Crippen LogP contribution in [0.15, 0.2) is 64.2 Å². The molecule has 7 nitrogen and oxygen atoms in total. The molecule has 0 spiro atoms. The van der Waals surface area contributed by atoms with E-state index in [1.165, 1.54) is 5.56 Å². The Morgan fingerprint density at radius 2 is 1.87 bits per heavy atom. The topological polar surface area (TPSA) is 91.5 Å². The fourth-order valence-corrected chi connectivity index (χ4v) is 3.01. The number of nitrogens with zero attached hydrogens (tertiary/aromatic N) is 2. The van der Waals surface area contributed by atoms with E-state index in [9.17, 15) is 4.79 Å². The number of rotatable bonds is 8. The molecule has 0 saturated heterocycles. The lowest BCUT2D eigenvalue weighted by molar-refractivity contribution is -0.116. The number of carbonyl (C=O) groups excluding carboxylic acids is 1. The monoisotopic (exact) mass is 419 g/mol. The predicted molar refractivity (Wildman–Crippen MR) is 124 cm³/mol. The van der Waals surface area contributed by atoms with Gasteiger partial charge in [-0.05, 0) is 43.2 Å². The minimum Gasteiger partial charge on any atom is -0.444 e. The third-order valence-electron chi connectivity index (χ3n) is 4.66. The van der Waals surface area contributed by atoms with E-state index >= 15 is 0 Å². The number of aromatic nitrogens is 1. The van der Waals surface area contributed by atoms with Gasteiger partial charge in [-0.25, -0.2) is 4.98 Å². The second kappa shape index (κ2) is 11.0. The summed E-state index contributed by atoms with van der Waals surface area (Å²) in [6.07, 6.45) is 3.00. The van der Waals surface area contributed by atoms with E-state index in [2.05, 4.69) is 25.9 Å². The standard InChI is InChI=1S/C24H29N5O2/c1-4-6-22(30)28-20-8-5-7-18(13-20)14-26-24(25-3)27-15-21-16-31-23(29-21)19-11-9-17(2)10-12-19/h5,7-13,16H,4,6,14-15H2,1-3H3,(H,28,30)(H2,25,26,27). The van der Waals surface area contributed by atoms with Crippen LogP contribution in [0.1, 0.15) is 36.6 Å². The number of nitrogens with one attached hydrogen (secondary N) is 3. The van der Waals surface area contributed by atoms with Crippen LogP contribution in [0.25, 0.3) is 11.5 Å². The molecule has 3 aromatic rings. The van der Waals surface area contributed by atoms with Crippen molar-refractivity contribution in [3.05, 3.63) is 71.6 Å². The van der Waals surface area contributed by atoms with Crippen LogP contribution in [0.4, 0.5) is 5.69 Å². The SMILES string of the molecule is CCCC(=O)Nc1cccc(CNC(=NC)NCc2coc(-c3ccc(C)cc3)n2)c1. The number of hydrogen-bond acceptors (Lipinski definition) is 4. The van der Waals surface area contributed by atoms with Gasteiger partial charge in [-0.3, -0.25) is 9.79 Å². The summed E-state index contributed by atoms with van der Waals surface area (Å²) in [5.74, 6) is 1.28. The minimum absolute atomic E-state index is 0.0303. The van der Waals surface area contributed by atoms with Gasteiger partial charge in [-0.15, -0.1) is 0 Å². The normalized spacial score (nSPS) is 11.3. The van der Waals surface area contributed by atoms with Crippen LogP contribution in [0.3, 0.4) is 0 Å². The smallest absolute Gasteiger partial charge is 0.226 e. The average Bonchev–Trinajstić information content (AvgIpc) is 3.24. The van der Waals surface area contributed by atoms with E-state index < -0.39 is 0 Å². The molecular weight excluding hydrogens is 390 g/mol. The highest BCUT2D eigenvalue weighted by atomic mass is 16.3. The third kappa shape index (κ3) is 6.70. The van der Waals surface area contributed by atoms with Crippen molar-refractivity contribution in [3.8, 4) is 11.5 Å². The van der Waals surface area contributed by atoms with Crippen LogP contribution in [-0.2, 0) is 17.9 Å². The fraction of sp³-hybridized carbons (Fsp3) is 0.292. The summed E-state index contributed by atoms with van der Waals surface area (Å²) in [5.41, 5.74) is 4.78. The zero-order valence-corrected chi connectivity index (χ0v) is 18.2. The number of carbonyl (C=O) groups is 1.